The van der Waals surface area contributed by atoms with Gasteiger partial charge < -0.3 is 25.5 Å². The number of fused-ring (bicyclic) bond motifs is 8. The van der Waals surface area contributed by atoms with E-state index in [0.717, 1.165) is 61.2 Å². The third kappa shape index (κ3) is 7.38. The van der Waals surface area contributed by atoms with Crippen molar-refractivity contribution in [1.82, 2.24) is 0 Å². The van der Waals surface area contributed by atoms with Gasteiger partial charge in [0, 0.05) is 63.6 Å². The lowest BCUT2D eigenvalue weighted by molar-refractivity contribution is 0.435. The Bertz CT molecular complexity index is 2890. The van der Waals surface area contributed by atoms with Crippen LogP contribution in [0.1, 0.15) is 113 Å². The molecule has 0 spiro atoms. The van der Waals surface area contributed by atoms with E-state index in [2.05, 4.69) is 85.8 Å². The minimum Gasteiger partial charge on any atom is -0.508 e. The number of benzene rings is 8. The van der Waals surface area contributed by atoms with E-state index in [9.17, 15) is 25.5 Å². The normalized spacial score (nSPS) is 17.2. The van der Waals surface area contributed by atoms with E-state index < -0.39 is 23.7 Å². The van der Waals surface area contributed by atoms with E-state index in [1.54, 1.807) is 6.07 Å². The highest BCUT2D eigenvalue weighted by molar-refractivity contribution is 5.64. The first-order valence-corrected chi connectivity index (χ1v) is 20.7. The van der Waals surface area contributed by atoms with Crippen LogP contribution in [0.4, 0.5) is 0 Å². The lowest BCUT2D eigenvalue weighted by atomic mass is 9.75. The zero-order valence-electron chi connectivity index (χ0n) is 34.6. The molecule has 2 unspecified atom stereocenters. The van der Waals surface area contributed by atoms with Gasteiger partial charge in [0.2, 0.25) is 0 Å². The molecule has 61 heavy (non-hydrogen) atoms. The molecule has 0 saturated carbocycles. The zero-order chi connectivity index (χ0) is 42.5. The van der Waals surface area contributed by atoms with Gasteiger partial charge in [-0.1, -0.05) is 156 Å². The van der Waals surface area contributed by atoms with Gasteiger partial charge >= 0.3 is 0 Å². The summed E-state index contributed by atoms with van der Waals surface area (Å²) in [4.78, 5) is 0. The Morgan fingerprint density at radius 1 is 0.246 bits per heavy atom. The Morgan fingerprint density at radius 2 is 0.525 bits per heavy atom. The van der Waals surface area contributed by atoms with Gasteiger partial charge in [-0.3, -0.25) is 0 Å². The minimum atomic E-state index is -0.725. The van der Waals surface area contributed by atoms with Crippen LogP contribution in [0.15, 0.2) is 164 Å². The van der Waals surface area contributed by atoms with Crippen molar-refractivity contribution in [2.75, 3.05) is 0 Å². The Balaban J connectivity index is 1.43. The van der Waals surface area contributed by atoms with Crippen LogP contribution in [0.5, 0.6) is 28.7 Å². The Morgan fingerprint density at radius 3 is 0.885 bits per heavy atom. The van der Waals surface area contributed by atoms with Crippen LogP contribution >= 0.6 is 0 Å². The Kier molecular flexibility index (Phi) is 10.1. The zero-order valence-corrected chi connectivity index (χ0v) is 34.6. The number of phenols is 5. The van der Waals surface area contributed by atoms with E-state index in [1.807, 2.05) is 87.5 Å². The van der Waals surface area contributed by atoms with Gasteiger partial charge in [-0.15, -0.1) is 0 Å². The molecule has 9 rings (SSSR count). The molecule has 5 N–H and O–H groups in total. The van der Waals surface area contributed by atoms with Crippen LogP contribution in [0, 0.1) is 27.7 Å². The fourth-order valence-electron chi connectivity index (χ4n) is 9.27. The molecule has 8 bridgehead atoms. The summed E-state index contributed by atoms with van der Waals surface area (Å²) in [7, 11) is 0. The standard InChI is InChI=1S/C56H48O5/c1-32-8-16-36(17-9-32)53-40-6-5-7-41(26-40)54(37-18-10-33(2)11-19-37)44-28-46(51(60)30-49(44)58)56(39-22-14-35(4)15-23-39)47-29-45(50(59)31-52(47)61)55(38-20-12-34(3)13-21-38)42-24-25-48(57)43(53)27-42/h5-31,53-61H,1-4H3/t53-,54?,55-,56?/m1/s1. The molecule has 302 valence electrons. The molecule has 0 saturated heterocycles. The number of rotatable bonds is 4. The molecule has 0 aromatic heterocycles. The molecule has 0 radical (unpaired) electrons. The molecule has 5 nitrogen and oxygen atoms in total. The molecule has 1 aliphatic rings. The maximum atomic E-state index is 12.0. The molecule has 1 aliphatic carbocycles. The van der Waals surface area contributed by atoms with Crippen molar-refractivity contribution >= 4 is 0 Å². The molecule has 0 aliphatic heterocycles. The first kappa shape index (κ1) is 39.2. The number of aryl methyl sites for hydroxylation is 4. The number of hydrogen-bond acceptors (Lipinski definition) is 5. The van der Waals surface area contributed by atoms with Crippen LogP contribution in [0.3, 0.4) is 0 Å². The van der Waals surface area contributed by atoms with Gasteiger partial charge in [-0.05, 0) is 84.8 Å². The highest BCUT2D eigenvalue weighted by Gasteiger charge is 2.32. The van der Waals surface area contributed by atoms with Gasteiger partial charge in [0.1, 0.15) is 28.7 Å². The number of phenolic OH excluding ortho intramolecular Hbond substituents is 5. The number of hydrogen-bond donors (Lipinski definition) is 5. The maximum absolute atomic E-state index is 12.0. The van der Waals surface area contributed by atoms with Crippen molar-refractivity contribution < 1.29 is 25.5 Å². The monoisotopic (exact) mass is 800 g/mol. The fraction of sp³-hybridized carbons (Fsp3) is 0.143. The molecular weight excluding hydrogens is 753 g/mol. The lowest BCUT2D eigenvalue weighted by Crippen LogP contribution is -2.12. The summed E-state index contributed by atoms with van der Waals surface area (Å²) in [5, 5.41) is 59.8. The highest BCUT2D eigenvalue weighted by Crippen LogP contribution is 2.50. The summed E-state index contributed by atoms with van der Waals surface area (Å²) in [5.74, 6) is -2.46. The van der Waals surface area contributed by atoms with Crippen LogP contribution in [-0.4, -0.2) is 25.5 Å². The summed E-state index contributed by atoms with van der Waals surface area (Å²) in [5.41, 5.74) is 13.4. The average molecular weight is 801 g/mol. The predicted molar refractivity (Wildman–Crippen MR) is 243 cm³/mol. The molecule has 8 aromatic carbocycles. The average Bonchev–Trinajstić information content (AvgIpc) is 3.24. The topological polar surface area (TPSA) is 101 Å². The molecule has 8 aromatic rings. The van der Waals surface area contributed by atoms with Crippen molar-refractivity contribution in [3.05, 3.63) is 253 Å². The van der Waals surface area contributed by atoms with Gasteiger partial charge in [-0.25, -0.2) is 0 Å². The van der Waals surface area contributed by atoms with E-state index in [-0.39, 0.29) is 28.7 Å². The maximum Gasteiger partial charge on any atom is 0.123 e. The number of aromatic hydroxyl groups is 5. The van der Waals surface area contributed by atoms with Gasteiger partial charge in [0.05, 0.1) is 0 Å². The van der Waals surface area contributed by atoms with Crippen molar-refractivity contribution in [2.45, 2.75) is 51.4 Å². The predicted octanol–water partition coefficient (Wildman–Crippen LogP) is 12.5. The second-order valence-corrected chi connectivity index (χ2v) is 16.8. The molecule has 4 atom stereocenters. The van der Waals surface area contributed by atoms with Crippen molar-refractivity contribution in [1.29, 1.82) is 0 Å². The largest absolute Gasteiger partial charge is 0.508 e. The van der Waals surface area contributed by atoms with Crippen LogP contribution in [-0.2, 0) is 0 Å². The second-order valence-electron chi connectivity index (χ2n) is 16.8. The van der Waals surface area contributed by atoms with E-state index in [4.69, 9.17) is 0 Å². The third-order valence-electron chi connectivity index (χ3n) is 12.5. The molecule has 5 heteroatoms. The molecule has 0 heterocycles. The summed E-state index contributed by atoms with van der Waals surface area (Å²) in [6.07, 6.45) is 0. The minimum absolute atomic E-state index is 0.0727. The summed E-state index contributed by atoms with van der Waals surface area (Å²) in [6, 6.07) is 53.4. The first-order valence-electron chi connectivity index (χ1n) is 20.7. The molecular formula is C56H48O5. The van der Waals surface area contributed by atoms with Gasteiger partial charge in [-0.2, -0.15) is 0 Å². The SMILES string of the molecule is Cc1ccc(C2c3cccc(c3)[C@@H](c3ccc(C)cc3)c3cc(ccc3O)[C@@H](c3ccc(C)cc3)c3cc(c(O)cc3O)C(c3ccc(C)cc3)c3cc2c(O)cc3O)cc1. The van der Waals surface area contributed by atoms with Crippen LogP contribution in [0.2, 0.25) is 0 Å². The first-order chi connectivity index (χ1) is 29.4. The van der Waals surface area contributed by atoms with Crippen molar-refractivity contribution in [3.63, 3.8) is 0 Å². The van der Waals surface area contributed by atoms with Gasteiger partial charge in [0.25, 0.3) is 0 Å². The molecule has 0 amide bonds. The highest BCUT2D eigenvalue weighted by atomic mass is 16.3. The quantitative estimate of drug-likeness (QED) is 0.122. The van der Waals surface area contributed by atoms with E-state index in [0.29, 0.717) is 27.8 Å². The van der Waals surface area contributed by atoms with Crippen LogP contribution < -0.4 is 0 Å². The Labute approximate surface area is 357 Å². The van der Waals surface area contributed by atoms with E-state index >= 15 is 0 Å². The second kappa shape index (κ2) is 15.7. The summed E-state index contributed by atoms with van der Waals surface area (Å²) in [6.45, 7) is 8.14. The Hall–Kier alpha value is -7.24. The summed E-state index contributed by atoms with van der Waals surface area (Å²) >= 11 is 0. The fourth-order valence-corrected chi connectivity index (χ4v) is 9.27. The van der Waals surface area contributed by atoms with Gasteiger partial charge in [0.15, 0.2) is 0 Å². The smallest absolute Gasteiger partial charge is 0.123 e. The van der Waals surface area contributed by atoms with Crippen LogP contribution in [0.25, 0.3) is 0 Å². The van der Waals surface area contributed by atoms with Crippen molar-refractivity contribution in [2.24, 2.45) is 0 Å². The van der Waals surface area contributed by atoms with E-state index in [1.165, 1.54) is 12.1 Å². The van der Waals surface area contributed by atoms with Crippen molar-refractivity contribution in [3.8, 4) is 28.7 Å². The molecule has 0 fully saturated rings. The third-order valence-corrected chi connectivity index (χ3v) is 12.5. The summed E-state index contributed by atoms with van der Waals surface area (Å²) < 4.78 is 0. The lowest BCUT2D eigenvalue weighted by Gasteiger charge is -2.29.